The number of benzene rings is 1. The predicted molar refractivity (Wildman–Crippen MR) is 87.0 cm³/mol. The van der Waals surface area contributed by atoms with Crippen molar-refractivity contribution in [2.45, 2.75) is 18.9 Å². The number of para-hydroxylation sites is 1. The van der Waals surface area contributed by atoms with E-state index < -0.39 is 0 Å². The Morgan fingerprint density at radius 1 is 1.36 bits per heavy atom. The zero-order chi connectivity index (χ0) is 16.1. The molecule has 0 radical (unpaired) electrons. The molecule has 0 aliphatic heterocycles. The number of thioether (sulfide) groups is 1. The Morgan fingerprint density at radius 3 is 2.77 bits per heavy atom. The van der Waals surface area contributed by atoms with E-state index in [0.717, 1.165) is 0 Å². The van der Waals surface area contributed by atoms with Crippen molar-refractivity contribution in [2.75, 3.05) is 11.1 Å². The van der Waals surface area contributed by atoms with Crippen molar-refractivity contribution in [3.8, 4) is 6.07 Å². The number of carbonyl (C=O) groups is 1. The molecule has 0 spiro atoms. The zero-order valence-electron chi connectivity index (χ0n) is 12.1. The van der Waals surface area contributed by atoms with Gasteiger partial charge in [0.2, 0.25) is 5.91 Å². The van der Waals surface area contributed by atoms with E-state index in [1.54, 1.807) is 38.1 Å². The van der Waals surface area contributed by atoms with E-state index in [0.29, 0.717) is 32.8 Å². The average molecular weight is 333 g/mol. The van der Waals surface area contributed by atoms with Crippen molar-refractivity contribution in [3.05, 3.63) is 46.4 Å². The minimum Gasteiger partial charge on any atom is -0.324 e. The highest BCUT2D eigenvalue weighted by Crippen LogP contribution is 2.24. The molecular formula is C15H13ClN4OS. The maximum atomic E-state index is 12.0. The van der Waals surface area contributed by atoms with Crippen molar-refractivity contribution < 1.29 is 4.79 Å². The SMILES string of the molecule is Cc1nc(C)c(C#N)c(SCC(=O)Nc2ccccc2Cl)n1. The van der Waals surface area contributed by atoms with Gasteiger partial charge in [0.1, 0.15) is 22.5 Å². The molecule has 0 unspecified atom stereocenters. The third-order valence-electron chi connectivity index (χ3n) is 2.77. The number of hydrogen-bond donors (Lipinski definition) is 1. The summed E-state index contributed by atoms with van der Waals surface area (Å²) in [4.78, 5) is 20.4. The molecule has 2 aromatic rings. The molecule has 1 amide bonds. The monoisotopic (exact) mass is 332 g/mol. The molecule has 1 N–H and O–H groups in total. The van der Waals surface area contributed by atoms with E-state index in [9.17, 15) is 4.79 Å². The van der Waals surface area contributed by atoms with E-state index in [1.807, 2.05) is 0 Å². The fourth-order valence-corrected chi connectivity index (χ4v) is 2.85. The quantitative estimate of drug-likeness (QED) is 0.686. The molecule has 1 aromatic carbocycles. The van der Waals surface area contributed by atoms with Gasteiger partial charge in [-0.1, -0.05) is 35.5 Å². The van der Waals surface area contributed by atoms with Crippen LogP contribution in [-0.4, -0.2) is 21.6 Å². The van der Waals surface area contributed by atoms with Crippen LogP contribution in [0.2, 0.25) is 5.02 Å². The lowest BCUT2D eigenvalue weighted by Crippen LogP contribution is -2.14. The van der Waals surface area contributed by atoms with Gasteiger partial charge >= 0.3 is 0 Å². The molecule has 0 aliphatic carbocycles. The van der Waals surface area contributed by atoms with Crippen LogP contribution in [0.25, 0.3) is 0 Å². The zero-order valence-corrected chi connectivity index (χ0v) is 13.6. The van der Waals surface area contributed by atoms with Crippen LogP contribution < -0.4 is 5.32 Å². The molecule has 0 aliphatic rings. The summed E-state index contributed by atoms with van der Waals surface area (Å²) in [5.41, 5.74) is 1.58. The fraction of sp³-hybridized carbons (Fsp3) is 0.200. The van der Waals surface area contributed by atoms with Crippen molar-refractivity contribution in [1.82, 2.24) is 9.97 Å². The molecule has 22 heavy (non-hydrogen) atoms. The van der Waals surface area contributed by atoms with E-state index >= 15 is 0 Å². The molecule has 0 saturated heterocycles. The second-order valence-electron chi connectivity index (χ2n) is 4.46. The first-order chi connectivity index (χ1) is 10.5. The molecule has 1 aromatic heterocycles. The number of halogens is 1. The Bertz CT molecular complexity index is 758. The number of hydrogen-bond acceptors (Lipinski definition) is 5. The van der Waals surface area contributed by atoms with Crippen LogP contribution in [0.1, 0.15) is 17.1 Å². The highest BCUT2D eigenvalue weighted by molar-refractivity contribution is 8.00. The summed E-state index contributed by atoms with van der Waals surface area (Å²) >= 11 is 7.19. The van der Waals surface area contributed by atoms with Gasteiger partial charge in [-0.15, -0.1) is 0 Å². The van der Waals surface area contributed by atoms with Crippen molar-refractivity contribution >= 4 is 35.0 Å². The van der Waals surface area contributed by atoms with Gasteiger partial charge in [0, 0.05) is 0 Å². The van der Waals surface area contributed by atoms with Crippen LogP contribution in [0.3, 0.4) is 0 Å². The number of amides is 1. The molecule has 112 valence electrons. The number of nitrogens with zero attached hydrogens (tertiary/aromatic N) is 3. The van der Waals surface area contributed by atoms with Crippen LogP contribution in [0.15, 0.2) is 29.3 Å². The van der Waals surface area contributed by atoms with Crippen LogP contribution in [0.4, 0.5) is 5.69 Å². The summed E-state index contributed by atoms with van der Waals surface area (Å²) in [6.07, 6.45) is 0. The molecule has 1 heterocycles. The largest absolute Gasteiger partial charge is 0.324 e. The van der Waals surface area contributed by atoms with Gasteiger partial charge in [0.25, 0.3) is 0 Å². The minimum absolute atomic E-state index is 0.135. The lowest BCUT2D eigenvalue weighted by molar-refractivity contribution is -0.113. The lowest BCUT2D eigenvalue weighted by atomic mass is 10.3. The standard InChI is InChI=1S/C15H13ClN4OS/c1-9-11(7-17)15(19-10(2)18-9)22-8-14(21)20-13-6-4-3-5-12(13)16/h3-6H,8H2,1-2H3,(H,20,21). The van der Waals surface area contributed by atoms with Crippen LogP contribution >= 0.6 is 23.4 Å². The number of carbonyl (C=O) groups excluding carboxylic acids is 1. The normalized spacial score (nSPS) is 10.1. The van der Waals surface area contributed by atoms with E-state index in [4.69, 9.17) is 16.9 Å². The molecule has 2 rings (SSSR count). The van der Waals surface area contributed by atoms with Gasteiger partial charge in [-0.25, -0.2) is 9.97 Å². The molecule has 0 fully saturated rings. The Hall–Kier alpha value is -2.10. The van der Waals surface area contributed by atoms with E-state index in [2.05, 4.69) is 21.4 Å². The molecule has 0 atom stereocenters. The third kappa shape index (κ3) is 3.97. The first-order valence-corrected chi connectivity index (χ1v) is 7.80. The molecule has 7 heteroatoms. The van der Waals surface area contributed by atoms with Gasteiger partial charge in [-0.05, 0) is 26.0 Å². The average Bonchev–Trinajstić information content (AvgIpc) is 2.47. The summed E-state index contributed by atoms with van der Waals surface area (Å²) in [6.45, 7) is 3.50. The van der Waals surface area contributed by atoms with Crippen molar-refractivity contribution in [1.29, 1.82) is 5.26 Å². The first-order valence-electron chi connectivity index (χ1n) is 6.43. The van der Waals surface area contributed by atoms with Crippen LogP contribution in [0.5, 0.6) is 0 Å². The highest BCUT2D eigenvalue weighted by Gasteiger charge is 2.13. The topological polar surface area (TPSA) is 78.7 Å². The molecule has 0 bridgehead atoms. The predicted octanol–water partition coefficient (Wildman–Crippen LogP) is 3.35. The summed E-state index contributed by atoms with van der Waals surface area (Å²) in [5, 5.41) is 12.9. The smallest absolute Gasteiger partial charge is 0.234 e. The number of aryl methyl sites for hydroxylation is 2. The number of nitrogens with one attached hydrogen (secondary N) is 1. The van der Waals surface area contributed by atoms with Gasteiger partial charge in [0.05, 0.1) is 22.2 Å². The third-order valence-corrected chi connectivity index (χ3v) is 4.07. The minimum atomic E-state index is -0.212. The van der Waals surface area contributed by atoms with E-state index in [1.165, 1.54) is 11.8 Å². The summed E-state index contributed by atoms with van der Waals surface area (Å²) in [7, 11) is 0. The maximum absolute atomic E-state index is 12.0. The summed E-state index contributed by atoms with van der Waals surface area (Å²) in [6, 6.07) is 9.09. The highest BCUT2D eigenvalue weighted by atomic mass is 35.5. The lowest BCUT2D eigenvalue weighted by Gasteiger charge is -2.08. The van der Waals surface area contributed by atoms with Gasteiger partial charge in [0.15, 0.2) is 0 Å². The second kappa shape index (κ2) is 7.25. The Kier molecular flexibility index (Phi) is 5.36. The van der Waals surface area contributed by atoms with Crippen molar-refractivity contribution in [3.63, 3.8) is 0 Å². The first kappa shape index (κ1) is 16.3. The molecular weight excluding hydrogens is 320 g/mol. The van der Waals surface area contributed by atoms with Crippen LogP contribution in [0, 0.1) is 25.2 Å². The van der Waals surface area contributed by atoms with Gasteiger partial charge < -0.3 is 5.32 Å². The Labute approximate surface area is 137 Å². The maximum Gasteiger partial charge on any atom is 0.234 e. The summed E-state index contributed by atoms with van der Waals surface area (Å²) < 4.78 is 0. The number of nitriles is 1. The van der Waals surface area contributed by atoms with E-state index in [-0.39, 0.29) is 11.7 Å². The van der Waals surface area contributed by atoms with Gasteiger partial charge in [-0.2, -0.15) is 5.26 Å². The fourth-order valence-electron chi connectivity index (χ4n) is 1.80. The molecule has 5 nitrogen and oxygen atoms in total. The number of aromatic nitrogens is 2. The number of anilines is 1. The Morgan fingerprint density at radius 2 is 2.09 bits per heavy atom. The molecule has 0 saturated carbocycles. The number of rotatable bonds is 4. The van der Waals surface area contributed by atoms with Crippen molar-refractivity contribution in [2.24, 2.45) is 0 Å². The Balaban J connectivity index is 2.06. The summed E-state index contributed by atoms with van der Waals surface area (Å²) in [5.74, 6) is 0.497. The van der Waals surface area contributed by atoms with Crippen LogP contribution in [-0.2, 0) is 4.79 Å². The van der Waals surface area contributed by atoms with Gasteiger partial charge in [-0.3, -0.25) is 4.79 Å². The second-order valence-corrected chi connectivity index (χ2v) is 5.84.